The van der Waals surface area contributed by atoms with Gasteiger partial charge in [-0.3, -0.25) is 4.79 Å². The van der Waals surface area contributed by atoms with Crippen LogP contribution in [0, 0.1) is 0 Å². The number of hydrogen-bond acceptors (Lipinski definition) is 2. The molecule has 1 aliphatic rings. The zero-order valence-corrected chi connectivity index (χ0v) is 13.4. The van der Waals surface area contributed by atoms with Gasteiger partial charge in [0.05, 0.1) is 0 Å². The van der Waals surface area contributed by atoms with Gasteiger partial charge in [-0.15, -0.1) is 0 Å². The van der Waals surface area contributed by atoms with E-state index in [1.165, 1.54) is 11.1 Å². The van der Waals surface area contributed by atoms with Crippen molar-refractivity contribution in [2.45, 2.75) is 31.6 Å². The van der Waals surface area contributed by atoms with Crippen molar-refractivity contribution in [1.82, 2.24) is 0 Å². The van der Waals surface area contributed by atoms with Gasteiger partial charge in [0, 0.05) is 22.1 Å². The molecule has 0 bridgehead atoms. The lowest BCUT2D eigenvalue weighted by Crippen LogP contribution is -2.14. The summed E-state index contributed by atoms with van der Waals surface area (Å²) in [7, 11) is 0. The van der Waals surface area contributed by atoms with Gasteiger partial charge in [0.15, 0.2) is 5.78 Å². The van der Waals surface area contributed by atoms with E-state index in [1.54, 1.807) is 6.07 Å². The first-order chi connectivity index (χ1) is 10.1. The molecule has 1 aliphatic carbocycles. The third-order valence-electron chi connectivity index (χ3n) is 4.17. The molecule has 3 rings (SSSR count). The molecule has 0 amide bonds. The van der Waals surface area contributed by atoms with Gasteiger partial charge < -0.3 is 5.73 Å². The van der Waals surface area contributed by atoms with E-state index >= 15 is 0 Å². The van der Waals surface area contributed by atoms with Crippen LogP contribution in [0.15, 0.2) is 46.9 Å². The van der Waals surface area contributed by atoms with Gasteiger partial charge in [0.1, 0.15) is 0 Å². The molecular formula is C18H18BrNO. The SMILES string of the molecule is Nc1cc(Br)cc(C(=O)CC2CCCc3ccccc32)c1. The average Bonchev–Trinajstić information content (AvgIpc) is 2.46. The van der Waals surface area contributed by atoms with E-state index in [0.29, 0.717) is 23.6 Å². The average molecular weight is 344 g/mol. The monoisotopic (exact) mass is 343 g/mol. The Bertz CT molecular complexity index is 660. The van der Waals surface area contributed by atoms with Gasteiger partial charge in [-0.2, -0.15) is 0 Å². The Morgan fingerprint density at radius 1 is 1.24 bits per heavy atom. The molecule has 2 aromatic rings. The van der Waals surface area contributed by atoms with Crippen LogP contribution in [0.4, 0.5) is 5.69 Å². The fourth-order valence-corrected chi connectivity index (χ4v) is 3.69. The maximum atomic E-state index is 12.6. The molecule has 0 heterocycles. The molecular weight excluding hydrogens is 326 g/mol. The number of ketones is 1. The smallest absolute Gasteiger partial charge is 0.163 e. The lowest BCUT2D eigenvalue weighted by molar-refractivity contribution is 0.0971. The van der Waals surface area contributed by atoms with Crippen molar-refractivity contribution in [3.63, 3.8) is 0 Å². The first kappa shape index (κ1) is 14.3. The van der Waals surface area contributed by atoms with Crippen molar-refractivity contribution in [3.8, 4) is 0 Å². The Morgan fingerprint density at radius 2 is 2.05 bits per heavy atom. The number of nitrogens with two attached hydrogens (primary N) is 1. The summed E-state index contributed by atoms with van der Waals surface area (Å²) in [6.07, 6.45) is 3.94. The fraction of sp³-hybridized carbons (Fsp3) is 0.278. The Balaban J connectivity index is 1.82. The van der Waals surface area contributed by atoms with Gasteiger partial charge in [0.2, 0.25) is 0 Å². The molecule has 3 heteroatoms. The van der Waals surface area contributed by atoms with Crippen LogP contribution < -0.4 is 5.73 Å². The zero-order chi connectivity index (χ0) is 14.8. The molecule has 2 N–H and O–H groups in total. The van der Waals surface area contributed by atoms with Gasteiger partial charge >= 0.3 is 0 Å². The van der Waals surface area contributed by atoms with E-state index in [9.17, 15) is 4.79 Å². The van der Waals surface area contributed by atoms with E-state index in [1.807, 2.05) is 12.1 Å². The fourth-order valence-electron chi connectivity index (χ4n) is 3.18. The highest BCUT2D eigenvalue weighted by Crippen LogP contribution is 2.35. The van der Waals surface area contributed by atoms with Crippen molar-refractivity contribution < 1.29 is 4.79 Å². The molecule has 0 radical (unpaired) electrons. The summed E-state index contributed by atoms with van der Waals surface area (Å²) in [6, 6.07) is 13.9. The summed E-state index contributed by atoms with van der Waals surface area (Å²) < 4.78 is 0.856. The standard InChI is InChI=1S/C18H18BrNO/c19-15-8-14(9-16(20)11-15)18(21)10-13-6-3-5-12-4-1-2-7-17(12)13/h1-2,4,7-9,11,13H,3,5-6,10,20H2. The predicted octanol–water partition coefficient (Wildman–Crippen LogP) is 4.72. The Morgan fingerprint density at radius 3 is 2.86 bits per heavy atom. The second-order valence-electron chi connectivity index (χ2n) is 5.69. The number of Topliss-reactive ketones (excluding diaryl/α,β-unsaturated/α-hetero) is 1. The zero-order valence-electron chi connectivity index (χ0n) is 11.8. The maximum Gasteiger partial charge on any atom is 0.163 e. The van der Waals surface area contributed by atoms with Gasteiger partial charge in [-0.05, 0) is 54.5 Å². The van der Waals surface area contributed by atoms with Crippen LogP contribution in [0.3, 0.4) is 0 Å². The van der Waals surface area contributed by atoms with Gasteiger partial charge in [-0.25, -0.2) is 0 Å². The first-order valence-corrected chi connectivity index (χ1v) is 8.10. The molecule has 0 saturated heterocycles. The number of anilines is 1. The number of carbonyl (C=O) groups excluding carboxylic acids is 1. The first-order valence-electron chi connectivity index (χ1n) is 7.30. The van der Waals surface area contributed by atoms with Crippen molar-refractivity contribution in [2.24, 2.45) is 0 Å². The predicted molar refractivity (Wildman–Crippen MR) is 89.6 cm³/mol. The summed E-state index contributed by atoms with van der Waals surface area (Å²) in [4.78, 5) is 12.6. The lowest BCUT2D eigenvalue weighted by atomic mass is 9.79. The quantitative estimate of drug-likeness (QED) is 0.646. The minimum absolute atomic E-state index is 0.171. The number of nitrogen functional groups attached to an aromatic ring is 1. The number of aryl methyl sites for hydroxylation is 1. The van der Waals surface area contributed by atoms with E-state index in [-0.39, 0.29) is 5.78 Å². The van der Waals surface area contributed by atoms with E-state index in [2.05, 4.69) is 40.2 Å². The number of rotatable bonds is 3. The normalized spacial score (nSPS) is 17.3. The van der Waals surface area contributed by atoms with E-state index in [0.717, 1.165) is 23.7 Å². The maximum absolute atomic E-state index is 12.6. The van der Waals surface area contributed by atoms with Crippen molar-refractivity contribution in [3.05, 3.63) is 63.6 Å². The Kier molecular flexibility index (Phi) is 4.11. The molecule has 2 aromatic carbocycles. The highest BCUT2D eigenvalue weighted by molar-refractivity contribution is 9.10. The van der Waals surface area contributed by atoms with E-state index < -0.39 is 0 Å². The summed E-state index contributed by atoms with van der Waals surface area (Å²) >= 11 is 3.40. The van der Waals surface area contributed by atoms with E-state index in [4.69, 9.17) is 5.73 Å². The number of benzene rings is 2. The lowest BCUT2D eigenvalue weighted by Gasteiger charge is -2.25. The summed E-state index contributed by atoms with van der Waals surface area (Å²) in [5.74, 6) is 0.507. The number of carbonyl (C=O) groups is 1. The van der Waals surface area contributed by atoms with Crippen LogP contribution in [-0.4, -0.2) is 5.78 Å². The molecule has 1 atom stereocenters. The van der Waals surface area contributed by atoms with Crippen LogP contribution >= 0.6 is 15.9 Å². The second-order valence-corrected chi connectivity index (χ2v) is 6.60. The van der Waals surface area contributed by atoms with Crippen LogP contribution in [0.25, 0.3) is 0 Å². The molecule has 1 unspecified atom stereocenters. The third-order valence-corrected chi connectivity index (χ3v) is 4.63. The highest BCUT2D eigenvalue weighted by atomic mass is 79.9. The largest absolute Gasteiger partial charge is 0.399 e. The molecule has 0 aromatic heterocycles. The van der Waals surface area contributed by atoms with Gasteiger partial charge in [-0.1, -0.05) is 40.2 Å². The summed E-state index contributed by atoms with van der Waals surface area (Å²) in [5, 5.41) is 0. The molecule has 21 heavy (non-hydrogen) atoms. The molecule has 2 nitrogen and oxygen atoms in total. The van der Waals surface area contributed by atoms with Crippen LogP contribution in [0.5, 0.6) is 0 Å². The minimum Gasteiger partial charge on any atom is -0.399 e. The second kappa shape index (κ2) is 6.02. The topological polar surface area (TPSA) is 43.1 Å². The Hall–Kier alpha value is -1.61. The minimum atomic E-state index is 0.171. The highest BCUT2D eigenvalue weighted by Gasteiger charge is 2.23. The van der Waals surface area contributed by atoms with Gasteiger partial charge in [0.25, 0.3) is 0 Å². The van der Waals surface area contributed by atoms with Crippen LogP contribution in [-0.2, 0) is 6.42 Å². The molecule has 0 fully saturated rings. The van der Waals surface area contributed by atoms with Crippen molar-refractivity contribution in [2.75, 3.05) is 5.73 Å². The Labute approximate surface area is 133 Å². The molecule has 0 aliphatic heterocycles. The third kappa shape index (κ3) is 3.18. The van der Waals surface area contributed by atoms with Crippen molar-refractivity contribution >= 4 is 27.4 Å². The molecule has 108 valence electrons. The number of fused-ring (bicyclic) bond motifs is 1. The van der Waals surface area contributed by atoms with Crippen LogP contribution in [0.1, 0.15) is 46.7 Å². The van der Waals surface area contributed by atoms with Crippen molar-refractivity contribution in [1.29, 1.82) is 0 Å². The van der Waals surface area contributed by atoms with Crippen LogP contribution in [0.2, 0.25) is 0 Å². The summed E-state index contributed by atoms with van der Waals surface area (Å²) in [6.45, 7) is 0. The number of hydrogen-bond donors (Lipinski definition) is 1. The molecule has 0 spiro atoms. The summed E-state index contributed by atoms with van der Waals surface area (Å²) in [5.41, 5.74) is 9.89. The molecule has 0 saturated carbocycles. The number of halogens is 1.